The largest absolute Gasteiger partial charge is 0.396 e. The van der Waals surface area contributed by atoms with Gasteiger partial charge < -0.3 is 15.0 Å². The van der Waals surface area contributed by atoms with Gasteiger partial charge in [-0.15, -0.1) is 0 Å². The first-order chi connectivity index (χ1) is 8.96. The molecule has 1 aromatic heterocycles. The fourth-order valence-corrected chi connectivity index (χ4v) is 2.58. The van der Waals surface area contributed by atoms with Crippen LogP contribution in [0.3, 0.4) is 0 Å². The number of benzene rings is 1. The average Bonchev–Trinajstić information content (AvgIpc) is 2.61. The first-order valence-electron chi connectivity index (χ1n) is 6.85. The Labute approximate surface area is 115 Å². The van der Waals surface area contributed by atoms with Crippen molar-refractivity contribution in [2.45, 2.75) is 39.3 Å². The van der Waals surface area contributed by atoms with Crippen LogP contribution in [0.15, 0.2) is 24.3 Å². The molecule has 0 fully saturated rings. The van der Waals surface area contributed by atoms with Crippen molar-refractivity contribution < 1.29 is 5.11 Å². The molecule has 0 saturated heterocycles. The monoisotopic (exact) mass is 260 g/mol. The van der Waals surface area contributed by atoms with Gasteiger partial charge in [-0.1, -0.05) is 18.2 Å². The normalized spacial score (nSPS) is 12.3. The third-order valence-electron chi connectivity index (χ3n) is 3.98. The number of nitrogens with zero attached hydrogens (tertiary/aromatic N) is 1. The third-order valence-corrected chi connectivity index (χ3v) is 3.98. The van der Waals surface area contributed by atoms with Crippen LogP contribution in [0.2, 0.25) is 0 Å². The average molecular weight is 260 g/mol. The van der Waals surface area contributed by atoms with E-state index in [0.29, 0.717) is 0 Å². The van der Waals surface area contributed by atoms with Gasteiger partial charge in [-0.05, 0) is 38.8 Å². The van der Waals surface area contributed by atoms with E-state index in [1.807, 2.05) is 0 Å². The van der Waals surface area contributed by atoms with Crippen molar-refractivity contribution in [2.24, 2.45) is 7.05 Å². The van der Waals surface area contributed by atoms with E-state index in [1.54, 1.807) is 0 Å². The lowest BCUT2D eigenvalue weighted by Crippen LogP contribution is -2.40. The topological polar surface area (TPSA) is 37.2 Å². The molecule has 0 atom stereocenters. The van der Waals surface area contributed by atoms with Crippen LogP contribution in [0.25, 0.3) is 10.9 Å². The minimum Gasteiger partial charge on any atom is -0.396 e. The molecule has 3 heteroatoms. The summed E-state index contributed by atoms with van der Waals surface area (Å²) >= 11 is 0. The standard InChI is InChI=1S/C16H24N2O/c1-12-13-7-5-6-8-14(13)18(4)15(12)11-17-16(2,3)9-10-19/h5-8,17,19H,9-11H2,1-4H3. The number of aryl methyl sites for hydroxylation is 2. The maximum atomic E-state index is 9.08. The van der Waals surface area contributed by atoms with Crippen molar-refractivity contribution in [2.75, 3.05) is 6.61 Å². The van der Waals surface area contributed by atoms with Crippen molar-refractivity contribution in [3.63, 3.8) is 0 Å². The van der Waals surface area contributed by atoms with Gasteiger partial charge in [0.1, 0.15) is 0 Å². The quantitative estimate of drug-likeness (QED) is 0.867. The second-order valence-electron chi connectivity index (χ2n) is 5.86. The van der Waals surface area contributed by atoms with Gasteiger partial charge in [0, 0.05) is 42.3 Å². The number of fused-ring (bicyclic) bond motifs is 1. The molecule has 0 amide bonds. The second kappa shape index (κ2) is 5.35. The van der Waals surface area contributed by atoms with Crippen LogP contribution in [-0.2, 0) is 13.6 Å². The maximum absolute atomic E-state index is 9.08. The number of aromatic nitrogens is 1. The fourth-order valence-electron chi connectivity index (χ4n) is 2.58. The minimum atomic E-state index is -0.0440. The molecule has 2 rings (SSSR count). The van der Waals surface area contributed by atoms with Crippen molar-refractivity contribution in [3.8, 4) is 0 Å². The molecule has 0 aliphatic heterocycles. The molecular weight excluding hydrogens is 236 g/mol. The zero-order valence-electron chi connectivity index (χ0n) is 12.3. The Hall–Kier alpha value is -1.32. The summed E-state index contributed by atoms with van der Waals surface area (Å²) in [4.78, 5) is 0. The van der Waals surface area contributed by atoms with Crippen molar-refractivity contribution in [1.29, 1.82) is 0 Å². The van der Waals surface area contributed by atoms with Crippen LogP contribution in [0.5, 0.6) is 0 Å². The van der Waals surface area contributed by atoms with Gasteiger partial charge in [-0.25, -0.2) is 0 Å². The number of aliphatic hydroxyl groups is 1. The third kappa shape index (κ3) is 2.82. The summed E-state index contributed by atoms with van der Waals surface area (Å²) in [5.74, 6) is 0. The Bertz CT molecular complexity index is 530. The predicted octanol–water partition coefficient (Wildman–Crippen LogP) is 2.74. The SMILES string of the molecule is Cc1c(CNC(C)(C)CCO)n(C)c2ccccc12. The Morgan fingerprint density at radius 1 is 1.26 bits per heavy atom. The molecule has 0 bridgehead atoms. The van der Waals surface area contributed by atoms with E-state index in [1.165, 1.54) is 22.2 Å². The summed E-state index contributed by atoms with van der Waals surface area (Å²) in [6.45, 7) is 7.47. The summed E-state index contributed by atoms with van der Waals surface area (Å²) in [6, 6.07) is 8.49. The molecule has 2 N–H and O–H groups in total. The van der Waals surface area contributed by atoms with Crippen LogP contribution in [-0.4, -0.2) is 21.8 Å². The van der Waals surface area contributed by atoms with Crippen LogP contribution in [0.1, 0.15) is 31.5 Å². The zero-order valence-corrected chi connectivity index (χ0v) is 12.3. The molecule has 0 aliphatic carbocycles. The Morgan fingerprint density at radius 2 is 1.95 bits per heavy atom. The highest BCUT2D eigenvalue weighted by molar-refractivity contribution is 5.85. The van der Waals surface area contributed by atoms with Gasteiger partial charge in [0.05, 0.1) is 0 Å². The highest BCUT2D eigenvalue weighted by Gasteiger charge is 2.18. The Balaban J connectivity index is 2.26. The number of aliphatic hydroxyl groups excluding tert-OH is 1. The second-order valence-corrected chi connectivity index (χ2v) is 5.86. The molecular formula is C16H24N2O. The highest BCUT2D eigenvalue weighted by atomic mass is 16.3. The number of hydrogen-bond acceptors (Lipinski definition) is 2. The van der Waals surface area contributed by atoms with Gasteiger partial charge in [0.2, 0.25) is 0 Å². The summed E-state index contributed by atoms with van der Waals surface area (Å²) in [6.07, 6.45) is 0.760. The molecule has 2 aromatic rings. The molecule has 19 heavy (non-hydrogen) atoms. The van der Waals surface area contributed by atoms with Gasteiger partial charge >= 0.3 is 0 Å². The van der Waals surface area contributed by atoms with Crippen LogP contribution >= 0.6 is 0 Å². The maximum Gasteiger partial charge on any atom is 0.0483 e. The molecule has 1 heterocycles. The molecule has 0 aliphatic rings. The van der Waals surface area contributed by atoms with Crippen molar-refractivity contribution in [1.82, 2.24) is 9.88 Å². The van der Waals surface area contributed by atoms with E-state index in [2.05, 4.69) is 62.0 Å². The zero-order chi connectivity index (χ0) is 14.0. The number of para-hydroxylation sites is 1. The molecule has 0 saturated carbocycles. The molecule has 1 aromatic carbocycles. The van der Waals surface area contributed by atoms with Crippen LogP contribution in [0.4, 0.5) is 0 Å². The molecule has 0 radical (unpaired) electrons. The Kier molecular flexibility index (Phi) is 3.97. The van der Waals surface area contributed by atoms with Gasteiger partial charge in [-0.2, -0.15) is 0 Å². The highest BCUT2D eigenvalue weighted by Crippen LogP contribution is 2.24. The van der Waals surface area contributed by atoms with Crippen molar-refractivity contribution in [3.05, 3.63) is 35.5 Å². The lowest BCUT2D eigenvalue weighted by molar-refractivity contribution is 0.229. The summed E-state index contributed by atoms with van der Waals surface area (Å²) in [5, 5.41) is 13.9. The fraction of sp³-hybridized carbons (Fsp3) is 0.500. The minimum absolute atomic E-state index is 0.0440. The Morgan fingerprint density at radius 3 is 2.58 bits per heavy atom. The first kappa shape index (κ1) is 14.1. The molecule has 0 unspecified atom stereocenters. The molecule has 3 nitrogen and oxygen atoms in total. The lowest BCUT2D eigenvalue weighted by Gasteiger charge is -2.26. The smallest absolute Gasteiger partial charge is 0.0483 e. The van der Waals surface area contributed by atoms with Crippen LogP contribution < -0.4 is 5.32 Å². The van der Waals surface area contributed by atoms with E-state index in [4.69, 9.17) is 5.11 Å². The van der Waals surface area contributed by atoms with Crippen molar-refractivity contribution >= 4 is 10.9 Å². The van der Waals surface area contributed by atoms with E-state index in [0.717, 1.165) is 13.0 Å². The molecule has 0 spiro atoms. The lowest BCUT2D eigenvalue weighted by atomic mass is 10.0. The van der Waals surface area contributed by atoms with E-state index in [9.17, 15) is 0 Å². The van der Waals surface area contributed by atoms with E-state index in [-0.39, 0.29) is 12.1 Å². The first-order valence-corrected chi connectivity index (χ1v) is 6.85. The number of hydrogen-bond donors (Lipinski definition) is 2. The summed E-state index contributed by atoms with van der Waals surface area (Å²) < 4.78 is 2.26. The number of rotatable bonds is 5. The van der Waals surface area contributed by atoms with E-state index >= 15 is 0 Å². The molecule has 104 valence electrons. The summed E-state index contributed by atoms with van der Waals surface area (Å²) in [5.41, 5.74) is 3.88. The van der Waals surface area contributed by atoms with E-state index < -0.39 is 0 Å². The van der Waals surface area contributed by atoms with Gasteiger partial charge in [0.25, 0.3) is 0 Å². The van der Waals surface area contributed by atoms with Crippen LogP contribution in [0, 0.1) is 6.92 Å². The van der Waals surface area contributed by atoms with Gasteiger partial charge in [0.15, 0.2) is 0 Å². The predicted molar refractivity (Wildman–Crippen MR) is 80.3 cm³/mol. The number of nitrogens with one attached hydrogen (secondary N) is 1. The van der Waals surface area contributed by atoms with Gasteiger partial charge in [-0.3, -0.25) is 0 Å². The summed E-state index contributed by atoms with van der Waals surface area (Å²) in [7, 11) is 2.12.